The van der Waals surface area contributed by atoms with E-state index >= 15 is 0 Å². The minimum atomic E-state index is -2.42. The van der Waals surface area contributed by atoms with Crippen molar-refractivity contribution in [1.82, 2.24) is 4.90 Å². The number of carbonyl (C=O) groups is 1. The van der Waals surface area contributed by atoms with Gasteiger partial charge in [0.25, 0.3) is 5.76 Å². The van der Waals surface area contributed by atoms with Crippen molar-refractivity contribution in [2.45, 2.75) is 23.5 Å². The first-order valence-corrected chi connectivity index (χ1v) is 8.14. The number of rotatable bonds is 4. The van der Waals surface area contributed by atoms with E-state index in [2.05, 4.69) is 5.32 Å². The van der Waals surface area contributed by atoms with Crippen LogP contribution in [0.3, 0.4) is 0 Å². The van der Waals surface area contributed by atoms with E-state index in [0.29, 0.717) is 47.7 Å². The van der Waals surface area contributed by atoms with Crippen LogP contribution in [0.5, 0.6) is 0 Å². The molecule has 0 bridgehead atoms. The van der Waals surface area contributed by atoms with Gasteiger partial charge in [-0.2, -0.15) is 8.78 Å². The molecular weight excluding hydrogens is 328 g/mol. The van der Waals surface area contributed by atoms with Gasteiger partial charge in [0.1, 0.15) is 0 Å². The van der Waals surface area contributed by atoms with Crippen LogP contribution in [0, 0.1) is 5.92 Å². The van der Waals surface area contributed by atoms with Crippen molar-refractivity contribution >= 4 is 40.7 Å². The average molecular weight is 345 g/mol. The summed E-state index contributed by atoms with van der Waals surface area (Å²) in [7, 11) is 0. The van der Waals surface area contributed by atoms with Gasteiger partial charge in [0, 0.05) is 29.6 Å². The summed E-state index contributed by atoms with van der Waals surface area (Å²) in [6.07, 6.45) is 1.39. The maximum Gasteiger partial charge on any atom is 0.288 e. The molecule has 1 fully saturated rings. The summed E-state index contributed by atoms with van der Waals surface area (Å²) in [5, 5.41) is 3.65. The highest BCUT2D eigenvalue weighted by atomic mass is 32.2. The van der Waals surface area contributed by atoms with Gasteiger partial charge < -0.3 is 16.0 Å². The SMILES string of the molecule is NC(=O)C1CCN(C(=S)Nc2ccc(SC(F)F)cc2)CC1. The average Bonchev–Trinajstić information content (AvgIpc) is 2.49. The first-order valence-electron chi connectivity index (χ1n) is 6.86. The number of hydrogen-bond donors (Lipinski definition) is 2. The summed E-state index contributed by atoms with van der Waals surface area (Å²) < 4.78 is 24.5. The van der Waals surface area contributed by atoms with Gasteiger partial charge in [-0.15, -0.1) is 0 Å². The molecule has 22 heavy (non-hydrogen) atoms. The van der Waals surface area contributed by atoms with Crippen molar-refractivity contribution in [2.24, 2.45) is 11.7 Å². The highest BCUT2D eigenvalue weighted by Crippen LogP contribution is 2.26. The normalized spacial score (nSPS) is 15.9. The molecule has 1 saturated heterocycles. The van der Waals surface area contributed by atoms with Gasteiger partial charge in [-0.05, 0) is 49.3 Å². The first kappa shape index (κ1) is 17.0. The van der Waals surface area contributed by atoms with Crippen LogP contribution >= 0.6 is 24.0 Å². The molecule has 1 aliphatic heterocycles. The van der Waals surface area contributed by atoms with Crippen LogP contribution < -0.4 is 11.1 Å². The third kappa shape index (κ3) is 4.81. The molecule has 0 unspecified atom stereocenters. The summed E-state index contributed by atoms with van der Waals surface area (Å²) in [5.74, 6) is -2.76. The van der Waals surface area contributed by atoms with Crippen LogP contribution in [-0.2, 0) is 4.79 Å². The lowest BCUT2D eigenvalue weighted by Crippen LogP contribution is -2.43. The fourth-order valence-electron chi connectivity index (χ4n) is 2.29. The minimum Gasteiger partial charge on any atom is -0.369 e. The number of halogens is 2. The zero-order valence-electron chi connectivity index (χ0n) is 11.8. The lowest BCUT2D eigenvalue weighted by atomic mass is 9.97. The molecule has 1 heterocycles. The number of hydrogen-bond acceptors (Lipinski definition) is 3. The molecule has 3 N–H and O–H groups in total. The Labute approximate surface area is 137 Å². The summed E-state index contributed by atoms with van der Waals surface area (Å²) in [6.45, 7) is 1.36. The molecule has 0 spiro atoms. The Morgan fingerprint density at radius 3 is 2.41 bits per heavy atom. The standard InChI is InChI=1S/C14H17F2N3OS2/c15-13(16)22-11-3-1-10(2-4-11)18-14(21)19-7-5-9(6-8-19)12(17)20/h1-4,9,13H,5-8H2,(H2,17,20)(H,18,21). The fraction of sp³-hybridized carbons (Fsp3) is 0.429. The second-order valence-electron chi connectivity index (χ2n) is 5.00. The zero-order chi connectivity index (χ0) is 16.1. The fourth-order valence-corrected chi connectivity index (χ4v) is 3.09. The number of likely N-dealkylation sites (tertiary alicyclic amines) is 1. The van der Waals surface area contributed by atoms with E-state index in [9.17, 15) is 13.6 Å². The molecular formula is C14H17F2N3OS2. The van der Waals surface area contributed by atoms with Crippen molar-refractivity contribution in [2.75, 3.05) is 18.4 Å². The second-order valence-corrected chi connectivity index (χ2v) is 6.45. The van der Waals surface area contributed by atoms with Gasteiger partial charge in [-0.3, -0.25) is 4.79 Å². The molecule has 0 saturated carbocycles. The smallest absolute Gasteiger partial charge is 0.288 e. The van der Waals surface area contributed by atoms with E-state index in [1.165, 1.54) is 0 Å². The molecule has 0 atom stereocenters. The highest BCUT2D eigenvalue weighted by Gasteiger charge is 2.24. The number of amides is 1. The van der Waals surface area contributed by atoms with Crippen LogP contribution in [0.15, 0.2) is 29.2 Å². The molecule has 1 aromatic carbocycles. The van der Waals surface area contributed by atoms with E-state index in [1.54, 1.807) is 24.3 Å². The first-order chi connectivity index (χ1) is 10.5. The number of anilines is 1. The third-order valence-electron chi connectivity index (χ3n) is 3.52. The van der Waals surface area contributed by atoms with Gasteiger partial charge in [-0.1, -0.05) is 11.8 Å². The van der Waals surface area contributed by atoms with Crippen molar-refractivity contribution < 1.29 is 13.6 Å². The van der Waals surface area contributed by atoms with Gasteiger partial charge >= 0.3 is 0 Å². The Kier molecular flexibility index (Phi) is 5.96. The van der Waals surface area contributed by atoms with Crippen LogP contribution in [0.2, 0.25) is 0 Å². The Hall–Kier alpha value is -1.41. The van der Waals surface area contributed by atoms with E-state index in [0.717, 1.165) is 5.69 Å². The van der Waals surface area contributed by atoms with E-state index in [-0.39, 0.29) is 11.8 Å². The molecule has 120 valence electrons. The Bertz CT molecular complexity index is 531. The lowest BCUT2D eigenvalue weighted by molar-refractivity contribution is -0.122. The van der Waals surface area contributed by atoms with E-state index in [1.807, 2.05) is 4.90 Å². The Morgan fingerprint density at radius 2 is 1.91 bits per heavy atom. The number of piperidine rings is 1. The predicted octanol–water partition coefficient (Wildman–Crippen LogP) is 2.90. The Balaban J connectivity index is 1.86. The number of primary amides is 1. The molecule has 8 heteroatoms. The van der Waals surface area contributed by atoms with Crippen LogP contribution in [0.4, 0.5) is 14.5 Å². The van der Waals surface area contributed by atoms with Gasteiger partial charge in [0.15, 0.2) is 5.11 Å². The number of carbonyl (C=O) groups excluding carboxylic acids is 1. The highest BCUT2D eigenvalue weighted by molar-refractivity contribution is 7.99. The van der Waals surface area contributed by atoms with Gasteiger partial charge in [-0.25, -0.2) is 0 Å². The molecule has 2 rings (SSSR count). The van der Waals surface area contributed by atoms with Crippen LogP contribution in [-0.4, -0.2) is 34.8 Å². The number of thioether (sulfide) groups is 1. The van der Waals surface area contributed by atoms with Crippen LogP contribution in [0.25, 0.3) is 0 Å². The maximum absolute atomic E-state index is 12.2. The number of thiocarbonyl (C=S) groups is 1. The molecule has 4 nitrogen and oxygen atoms in total. The Morgan fingerprint density at radius 1 is 1.32 bits per heavy atom. The number of nitrogens with zero attached hydrogens (tertiary/aromatic N) is 1. The van der Waals surface area contributed by atoms with Crippen molar-refractivity contribution in [3.63, 3.8) is 0 Å². The molecule has 1 amide bonds. The molecule has 1 aliphatic rings. The van der Waals surface area contributed by atoms with Crippen molar-refractivity contribution in [3.05, 3.63) is 24.3 Å². The van der Waals surface area contributed by atoms with Crippen LogP contribution in [0.1, 0.15) is 12.8 Å². The van der Waals surface area contributed by atoms with Crippen molar-refractivity contribution in [1.29, 1.82) is 0 Å². The lowest BCUT2D eigenvalue weighted by Gasteiger charge is -2.32. The van der Waals surface area contributed by atoms with Crippen molar-refractivity contribution in [3.8, 4) is 0 Å². The molecule has 0 radical (unpaired) electrons. The quantitative estimate of drug-likeness (QED) is 0.649. The summed E-state index contributed by atoms with van der Waals surface area (Å²) in [6, 6.07) is 6.68. The number of benzene rings is 1. The monoisotopic (exact) mass is 345 g/mol. The molecule has 0 aliphatic carbocycles. The topological polar surface area (TPSA) is 58.4 Å². The minimum absolute atomic E-state index is 0.0790. The van der Waals surface area contributed by atoms with Gasteiger partial charge in [0.05, 0.1) is 0 Å². The number of alkyl halides is 2. The van der Waals surface area contributed by atoms with E-state index < -0.39 is 5.76 Å². The van der Waals surface area contributed by atoms with E-state index in [4.69, 9.17) is 18.0 Å². The predicted molar refractivity (Wildman–Crippen MR) is 88.0 cm³/mol. The third-order valence-corrected chi connectivity index (χ3v) is 4.60. The zero-order valence-corrected chi connectivity index (χ0v) is 13.4. The number of nitrogens with one attached hydrogen (secondary N) is 1. The molecule has 0 aromatic heterocycles. The second kappa shape index (κ2) is 7.73. The van der Waals surface area contributed by atoms with Gasteiger partial charge in [0.2, 0.25) is 5.91 Å². The summed E-state index contributed by atoms with van der Waals surface area (Å²) >= 11 is 5.85. The molecule has 1 aromatic rings. The summed E-state index contributed by atoms with van der Waals surface area (Å²) in [4.78, 5) is 13.6. The largest absolute Gasteiger partial charge is 0.369 e. The number of nitrogens with two attached hydrogens (primary N) is 1. The maximum atomic E-state index is 12.2. The summed E-state index contributed by atoms with van der Waals surface area (Å²) in [5.41, 5.74) is 6.05.